The molecule has 3 nitrogen and oxygen atoms in total. The zero-order chi connectivity index (χ0) is 25.8. The van der Waals surface area contributed by atoms with Gasteiger partial charge in [-0.2, -0.15) is 39.5 Å². The van der Waals surface area contributed by atoms with Gasteiger partial charge < -0.3 is 4.74 Å². The van der Waals surface area contributed by atoms with E-state index in [4.69, 9.17) is 4.74 Å². The third kappa shape index (κ3) is 4.66. The van der Waals surface area contributed by atoms with Crippen molar-refractivity contribution in [2.75, 3.05) is 6.61 Å². The van der Waals surface area contributed by atoms with Crippen LogP contribution < -0.4 is 4.74 Å². The average molecular weight is 508 g/mol. The Bertz CT molecular complexity index is 1380. The molecule has 0 amide bonds. The van der Waals surface area contributed by atoms with Crippen molar-refractivity contribution in [3.63, 3.8) is 0 Å². The maximum atomic E-state index is 14.5. The van der Waals surface area contributed by atoms with Crippen LogP contribution in [0.25, 0.3) is 32.3 Å². The van der Waals surface area contributed by atoms with Gasteiger partial charge in [-0.15, -0.1) is 0 Å². The first-order chi connectivity index (χ1) is 16.1. The number of hydrogen-bond acceptors (Lipinski definition) is 3. The lowest BCUT2D eigenvalue weighted by Crippen LogP contribution is -2.56. The van der Waals surface area contributed by atoms with Gasteiger partial charge in [0.15, 0.2) is 6.61 Å². The number of Topliss-reactive ketones (excluding diaryl/α,β-unsaturated/α-hetero) is 1. The van der Waals surface area contributed by atoms with Gasteiger partial charge in [0, 0.05) is 10.8 Å². The smallest absolute Gasteiger partial charge is 0.456 e. The number of halogens is 9. The Balaban J connectivity index is 1.65. The maximum absolute atomic E-state index is 14.5. The predicted molar refractivity (Wildman–Crippen MR) is 107 cm³/mol. The number of carbonyl (C=O) groups excluding carboxylic acids is 1. The van der Waals surface area contributed by atoms with Crippen LogP contribution in [-0.4, -0.2) is 36.7 Å². The van der Waals surface area contributed by atoms with Gasteiger partial charge in [-0.1, -0.05) is 42.5 Å². The zero-order valence-corrected chi connectivity index (χ0v) is 17.2. The second-order valence-corrected chi connectivity index (χ2v) is 7.76. The molecule has 35 heavy (non-hydrogen) atoms. The van der Waals surface area contributed by atoms with Crippen LogP contribution in [0.2, 0.25) is 0 Å². The van der Waals surface area contributed by atoms with E-state index in [1.807, 2.05) is 24.3 Å². The third-order valence-electron chi connectivity index (χ3n) is 5.27. The lowest BCUT2D eigenvalue weighted by Gasteiger charge is -2.30. The minimum absolute atomic E-state index is 0.171. The Morgan fingerprint density at radius 1 is 0.714 bits per heavy atom. The van der Waals surface area contributed by atoms with Crippen molar-refractivity contribution < 1.29 is 53.8 Å². The van der Waals surface area contributed by atoms with E-state index in [-0.39, 0.29) is 5.75 Å². The van der Waals surface area contributed by atoms with Crippen LogP contribution in [0.5, 0.6) is 5.75 Å². The lowest BCUT2D eigenvalue weighted by atomic mass is 9.94. The quantitative estimate of drug-likeness (QED) is 0.194. The fourth-order valence-electron chi connectivity index (χ4n) is 3.82. The zero-order valence-electron chi connectivity index (χ0n) is 17.2. The van der Waals surface area contributed by atoms with E-state index in [1.54, 1.807) is 18.2 Å². The highest BCUT2D eigenvalue weighted by molar-refractivity contribution is 6.24. The second-order valence-electron chi connectivity index (χ2n) is 7.76. The Labute approximate surface area is 190 Å². The first-order valence-corrected chi connectivity index (χ1v) is 9.84. The summed E-state index contributed by atoms with van der Waals surface area (Å²) < 4.78 is 125. The van der Waals surface area contributed by atoms with Crippen LogP contribution in [0.4, 0.5) is 39.5 Å². The molecule has 0 bridgehead atoms. The molecule has 12 heteroatoms. The number of alkyl halides is 9. The molecule has 4 aromatic rings. The Morgan fingerprint density at radius 2 is 1.26 bits per heavy atom. The van der Waals surface area contributed by atoms with Gasteiger partial charge in [-0.25, -0.2) is 0 Å². The Hall–Kier alpha value is -3.28. The lowest BCUT2D eigenvalue weighted by molar-refractivity contribution is -0.406. The van der Waals surface area contributed by atoms with Crippen LogP contribution in [0.1, 0.15) is 6.42 Å². The molecule has 0 aliphatic heterocycles. The topological polar surface area (TPSA) is 35.5 Å². The van der Waals surface area contributed by atoms with Gasteiger partial charge in [0.05, 0.1) is 0 Å². The van der Waals surface area contributed by atoms with E-state index < -0.39 is 43.1 Å². The molecular weight excluding hydrogens is 495 g/mol. The van der Waals surface area contributed by atoms with Crippen molar-refractivity contribution in [2.45, 2.75) is 30.7 Å². The van der Waals surface area contributed by atoms with E-state index in [0.29, 0.717) is 16.2 Å². The summed E-state index contributed by atoms with van der Waals surface area (Å²) in [4.78, 5) is 12.0. The van der Waals surface area contributed by atoms with Crippen molar-refractivity contribution in [3.8, 4) is 5.75 Å². The molecule has 0 radical (unpaired) electrons. The summed E-state index contributed by atoms with van der Waals surface area (Å²) in [6.07, 6.45) is -21.0. The molecule has 4 rings (SSSR count). The van der Waals surface area contributed by atoms with Gasteiger partial charge in [0.2, 0.25) is 5.78 Å². The number of carbonyl (C=O) groups is 1. The maximum Gasteiger partial charge on any atom is 0.456 e. The number of ether oxygens (including phenoxy) is 2. The molecule has 4 aromatic carbocycles. The summed E-state index contributed by atoms with van der Waals surface area (Å²) in [5.74, 6) is -8.60. The van der Waals surface area contributed by atoms with Crippen molar-refractivity contribution in [1.29, 1.82) is 0 Å². The molecule has 1 unspecified atom stereocenters. The van der Waals surface area contributed by atoms with E-state index in [0.717, 1.165) is 16.2 Å². The molecule has 0 fully saturated rings. The van der Waals surface area contributed by atoms with Gasteiger partial charge in [0.25, 0.3) is 0 Å². The molecule has 1 atom stereocenters. The molecule has 0 N–H and O–H groups in total. The summed E-state index contributed by atoms with van der Waals surface area (Å²) in [5.41, 5.74) is 0. The van der Waals surface area contributed by atoms with E-state index in [2.05, 4.69) is 4.74 Å². The fraction of sp³-hybridized carbons (Fsp3) is 0.261. The highest BCUT2D eigenvalue weighted by Gasteiger charge is 2.68. The van der Waals surface area contributed by atoms with E-state index >= 15 is 0 Å². The van der Waals surface area contributed by atoms with Crippen LogP contribution in [0.3, 0.4) is 0 Å². The molecule has 0 saturated heterocycles. The van der Waals surface area contributed by atoms with Gasteiger partial charge in [-0.05, 0) is 33.7 Å². The first-order valence-electron chi connectivity index (χ1n) is 9.84. The Kier molecular flexibility index (Phi) is 5.78. The highest BCUT2D eigenvalue weighted by Crippen LogP contribution is 2.44. The van der Waals surface area contributed by atoms with Crippen molar-refractivity contribution in [1.82, 2.24) is 0 Å². The van der Waals surface area contributed by atoms with Gasteiger partial charge in [-0.3, -0.25) is 9.53 Å². The molecule has 186 valence electrons. The second kappa shape index (κ2) is 8.14. The highest BCUT2D eigenvalue weighted by atomic mass is 19.4. The number of ketones is 1. The van der Waals surface area contributed by atoms with Crippen LogP contribution in [0.15, 0.2) is 54.6 Å². The van der Waals surface area contributed by atoms with Crippen molar-refractivity contribution >= 4 is 38.1 Å². The molecule has 0 heterocycles. The largest absolute Gasteiger partial charge is 0.485 e. The van der Waals surface area contributed by atoms with Crippen LogP contribution in [-0.2, 0) is 9.53 Å². The minimum Gasteiger partial charge on any atom is -0.485 e. The van der Waals surface area contributed by atoms with Crippen LogP contribution in [0, 0.1) is 0 Å². The fourth-order valence-corrected chi connectivity index (χ4v) is 3.82. The monoisotopic (exact) mass is 508 g/mol. The minimum atomic E-state index is -6.41. The van der Waals surface area contributed by atoms with Crippen molar-refractivity contribution in [3.05, 3.63) is 54.6 Å². The molecule has 0 spiro atoms. The van der Waals surface area contributed by atoms with Crippen molar-refractivity contribution in [2.24, 2.45) is 0 Å². The number of hydrogen-bond donors (Lipinski definition) is 0. The summed E-state index contributed by atoms with van der Waals surface area (Å²) in [6, 6.07) is 15.1. The third-order valence-corrected chi connectivity index (χ3v) is 5.27. The van der Waals surface area contributed by atoms with Gasteiger partial charge >= 0.3 is 24.3 Å². The molecule has 0 aromatic heterocycles. The molecule has 0 saturated carbocycles. The number of benzene rings is 4. The molecule has 0 aliphatic rings. The van der Waals surface area contributed by atoms with Crippen LogP contribution >= 0.6 is 0 Å². The standard InChI is InChI=1S/C23H13F9O3/c24-20(25,26)11-21(27,28)35-22(29,23(30,31)32)17(33)10-34-16-9-7-14-5-4-12-2-1-3-13-6-8-15(16)19(14)18(12)13/h1-9H,10-11H2. The summed E-state index contributed by atoms with van der Waals surface area (Å²) in [7, 11) is 0. The number of rotatable bonds is 7. The average Bonchev–Trinajstić information content (AvgIpc) is 2.73. The van der Waals surface area contributed by atoms with Gasteiger partial charge in [0.1, 0.15) is 12.2 Å². The Morgan fingerprint density at radius 3 is 1.83 bits per heavy atom. The SMILES string of the molecule is O=C(COc1ccc2ccc3cccc4ccc1c2c34)C(F)(OC(F)(F)CC(F)(F)F)C(F)(F)F. The molecule has 0 aliphatic carbocycles. The van der Waals surface area contributed by atoms with E-state index in [9.17, 15) is 44.3 Å². The summed E-state index contributed by atoms with van der Waals surface area (Å²) in [5, 5.41) is 4.11. The predicted octanol–water partition coefficient (Wildman–Crippen LogP) is 7.32. The first kappa shape index (κ1) is 24.8. The van der Waals surface area contributed by atoms with E-state index in [1.165, 1.54) is 12.1 Å². The molecular formula is C23H13F9O3. The summed E-state index contributed by atoms with van der Waals surface area (Å²) in [6.45, 7) is -1.75. The normalized spacial score (nSPS) is 15.1. The summed E-state index contributed by atoms with van der Waals surface area (Å²) >= 11 is 0.